The Kier molecular flexibility index (Phi) is 2.92. The number of methoxy groups -OCH3 is 1. The van der Waals surface area contributed by atoms with Crippen molar-refractivity contribution in [3.05, 3.63) is 29.6 Å². The smallest absolute Gasteiger partial charge is 0.235 e. The molecule has 0 saturated carbocycles. The van der Waals surface area contributed by atoms with E-state index in [0.29, 0.717) is 12.4 Å². The summed E-state index contributed by atoms with van der Waals surface area (Å²) in [5.41, 5.74) is 1.77. The van der Waals surface area contributed by atoms with E-state index in [-0.39, 0.29) is 5.75 Å². The molecule has 0 bridgehead atoms. The van der Waals surface area contributed by atoms with Gasteiger partial charge >= 0.3 is 0 Å². The van der Waals surface area contributed by atoms with Crippen LogP contribution in [-0.4, -0.2) is 32.0 Å². The van der Waals surface area contributed by atoms with Crippen LogP contribution in [0.5, 0.6) is 5.75 Å². The first kappa shape index (κ1) is 12.1. The first-order chi connectivity index (χ1) is 9.19. The number of nitrogens with zero attached hydrogens (tertiary/aromatic N) is 4. The molecule has 3 aromatic rings. The van der Waals surface area contributed by atoms with Crippen LogP contribution in [-0.2, 0) is 11.3 Å². The fourth-order valence-corrected chi connectivity index (χ4v) is 2.64. The van der Waals surface area contributed by atoms with Crippen molar-refractivity contribution in [3.8, 4) is 16.3 Å². The van der Waals surface area contributed by atoms with Crippen LogP contribution in [0, 0.1) is 6.92 Å². The van der Waals surface area contributed by atoms with Gasteiger partial charge in [-0.2, -0.15) is 9.61 Å². The molecule has 7 heteroatoms. The Hall–Kier alpha value is -1.99. The monoisotopic (exact) mass is 276 g/mol. The van der Waals surface area contributed by atoms with E-state index in [0.717, 1.165) is 21.1 Å². The zero-order valence-corrected chi connectivity index (χ0v) is 11.3. The topological polar surface area (TPSA) is 72.5 Å². The van der Waals surface area contributed by atoms with Gasteiger partial charge in [0.1, 0.15) is 17.4 Å². The lowest BCUT2D eigenvalue weighted by molar-refractivity contribution is 0.176. The van der Waals surface area contributed by atoms with Crippen LogP contribution in [0.25, 0.3) is 15.5 Å². The zero-order chi connectivity index (χ0) is 13.4. The Morgan fingerprint density at radius 2 is 2.21 bits per heavy atom. The number of hydrogen-bond donors (Lipinski definition) is 1. The maximum Gasteiger partial charge on any atom is 0.235 e. The molecule has 0 fully saturated rings. The molecule has 0 atom stereocenters. The van der Waals surface area contributed by atoms with Crippen LogP contribution < -0.4 is 0 Å². The molecule has 2 aromatic heterocycles. The number of aromatic nitrogens is 4. The fourth-order valence-electron chi connectivity index (χ4n) is 1.78. The first-order valence-electron chi connectivity index (χ1n) is 5.69. The number of benzene rings is 1. The first-order valence-corrected chi connectivity index (χ1v) is 6.50. The van der Waals surface area contributed by atoms with Gasteiger partial charge in [0, 0.05) is 12.7 Å². The van der Waals surface area contributed by atoms with Gasteiger partial charge in [0.05, 0.1) is 0 Å². The summed E-state index contributed by atoms with van der Waals surface area (Å²) in [7, 11) is 1.61. The average Bonchev–Trinajstić information content (AvgIpc) is 2.95. The van der Waals surface area contributed by atoms with Crippen molar-refractivity contribution in [2.75, 3.05) is 7.11 Å². The summed E-state index contributed by atoms with van der Waals surface area (Å²) in [6.07, 6.45) is 0. The van der Waals surface area contributed by atoms with E-state index in [4.69, 9.17) is 4.74 Å². The quantitative estimate of drug-likeness (QED) is 0.792. The lowest BCUT2D eigenvalue weighted by Gasteiger charge is -2.00. The van der Waals surface area contributed by atoms with Crippen molar-refractivity contribution in [2.24, 2.45) is 0 Å². The number of phenolic OH excluding ortho intramolecular Hbond substituents is 1. The molecule has 98 valence electrons. The third-order valence-electron chi connectivity index (χ3n) is 2.77. The summed E-state index contributed by atoms with van der Waals surface area (Å²) in [5.74, 6) is 0.960. The minimum Gasteiger partial charge on any atom is -0.508 e. The summed E-state index contributed by atoms with van der Waals surface area (Å²) in [6.45, 7) is 2.23. The highest BCUT2D eigenvalue weighted by atomic mass is 32.1. The van der Waals surface area contributed by atoms with Crippen molar-refractivity contribution in [3.63, 3.8) is 0 Å². The number of fused-ring (bicyclic) bond motifs is 1. The molecule has 0 saturated heterocycles. The molecule has 0 spiro atoms. The normalized spacial score (nSPS) is 11.3. The summed E-state index contributed by atoms with van der Waals surface area (Å²) in [5, 5.41) is 22.9. The van der Waals surface area contributed by atoms with E-state index in [1.807, 2.05) is 19.1 Å². The van der Waals surface area contributed by atoms with Gasteiger partial charge in [-0.05, 0) is 30.7 Å². The molecule has 19 heavy (non-hydrogen) atoms. The van der Waals surface area contributed by atoms with E-state index in [9.17, 15) is 5.11 Å². The van der Waals surface area contributed by atoms with Crippen molar-refractivity contribution in [1.82, 2.24) is 19.8 Å². The number of rotatable bonds is 3. The van der Waals surface area contributed by atoms with Crippen LogP contribution in [0.3, 0.4) is 0 Å². The van der Waals surface area contributed by atoms with E-state index in [1.54, 1.807) is 17.7 Å². The second kappa shape index (κ2) is 4.60. The van der Waals surface area contributed by atoms with Crippen molar-refractivity contribution in [1.29, 1.82) is 0 Å². The van der Waals surface area contributed by atoms with Crippen LogP contribution in [0.15, 0.2) is 18.2 Å². The molecule has 0 aliphatic rings. The standard InChI is InChI=1S/C12H12N4O2S/c1-7-5-8(3-4-9(7)17)11-15-16-10(6-18-2)13-14-12(16)19-11/h3-5,17H,6H2,1-2H3. The van der Waals surface area contributed by atoms with E-state index >= 15 is 0 Å². The Morgan fingerprint density at radius 1 is 1.37 bits per heavy atom. The molecular formula is C12H12N4O2S. The predicted molar refractivity (Wildman–Crippen MR) is 71.2 cm³/mol. The van der Waals surface area contributed by atoms with Gasteiger partial charge in [-0.3, -0.25) is 0 Å². The summed E-state index contributed by atoms with van der Waals surface area (Å²) >= 11 is 1.45. The summed E-state index contributed by atoms with van der Waals surface area (Å²) in [4.78, 5) is 0.729. The summed E-state index contributed by atoms with van der Waals surface area (Å²) < 4.78 is 6.74. The van der Waals surface area contributed by atoms with Crippen LogP contribution >= 0.6 is 11.3 Å². The molecule has 0 aliphatic heterocycles. The molecule has 0 unspecified atom stereocenters. The third-order valence-corrected chi connectivity index (χ3v) is 3.72. The highest BCUT2D eigenvalue weighted by Gasteiger charge is 2.13. The Morgan fingerprint density at radius 3 is 2.95 bits per heavy atom. The Bertz CT molecular complexity index is 734. The summed E-state index contributed by atoms with van der Waals surface area (Å²) in [6, 6.07) is 5.41. The predicted octanol–water partition coefficient (Wildman–Crippen LogP) is 2.01. The minimum atomic E-state index is 0.284. The molecule has 2 heterocycles. The number of ether oxygens (including phenoxy) is 1. The van der Waals surface area contributed by atoms with Crippen LogP contribution in [0.1, 0.15) is 11.4 Å². The van der Waals surface area contributed by atoms with Gasteiger partial charge in [-0.1, -0.05) is 11.3 Å². The van der Waals surface area contributed by atoms with E-state index < -0.39 is 0 Å². The molecule has 0 aliphatic carbocycles. The van der Waals surface area contributed by atoms with Gasteiger partial charge in [0.2, 0.25) is 4.96 Å². The van der Waals surface area contributed by atoms with Crippen molar-refractivity contribution in [2.45, 2.75) is 13.5 Å². The second-order valence-corrected chi connectivity index (χ2v) is 5.11. The van der Waals surface area contributed by atoms with Gasteiger partial charge in [-0.15, -0.1) is 10.2 Å². The largest absolute Gasteiger partial charge is 0.508 e. The lowest BCUT2D eigenvalue weighted by atomic mass is 10.1. The van der Waals surface area contributed by atoms with E-state index in [2.05, 4.69) is 15.3 Å². The number of phenols is 1. The number of hydrogen-bond acceptors (Lipinski definition) is 6. The second-order valence-electron chi connectivity index (χ2n) is 4.15. The van der Waals surface area contributed by atoms with Crippen molar-refractivity contribution < 1.29 is 9.84 Å². The molecule has 1 N–H and O–H groups in total. The van der Waals surface area contributed by atoms with Gasteiger partial charge in [0.15, 0.2) is 5.82 Å². The fraction of sp³-hybridized carbons (Fsp3) is 0.250. The SMILES string of the molecule is COCc1nnc2sc(-c3ccc(O)c(C)c3)nn12. The maximum atomic E-state index is 9.54. The number of aryl methyl sites for hydroxylation is 1. The molecular weight excluding hydrogens is 264 g/mol. The minimum absolute atomic E-state index is 0.284. The Labute approximate surface area is 113 Å². The van der Waals surface area contributed by atoms with Crippen LogP contribution in [0.4, 0.5) is 0 Å². The maximum absolute atomic E-state index is 9.54. The molecule has 1 aromatic carbocycles. The highest BCUT2D eigenvalue weighted by Crippen LogP contribution is 2.28. The Balaban J connectivity index is 2.07. The lowest BCUT2D eigenvalue weighted by Crippen LogP contribution is -1.97. The molecule has 6 nitrogen and oxygen atoms in total. The van der Waals surface area contributed by atoms with Gasteiger partial charge in [0.25, 0.3) is 0 Å². The average molecular weight is 276 g/mol. The van der Waals surface area contributed by atoms with E-state index in [1.165, 1.54) is 11.3 Å². The van der Waals surface area contributed by atoms with Gasteiger partial charge in [-0.25, -0.2) is 0 Å². The van der Waals surface area contributed by atoms with Gasteiger partial charge < -0.3 is 9.84 Å². The van der Waals surface area contributed by atoms with Crippen molar-refractivity contribution >= 4 is 16.3 Å². The highest BCUT2D eigenvalue weighted by molar-refractivity contribution is 7.19. The molecule has 0 radical (unpaired) electrons. The zero-order valence-electron chi connectivity index (χ0n) is 10.5. The molecule has 3 rings (SSSR count). The third kappa shape index (κ3) is 2.06. The number of aromatic hydroxyl groups is 1. The molecule has 0 amide bonds. The van der Waals surface area contributed by atoms with Crippen LogP contribution in [0.2, 0.25) is 0 Å².